The van der Waals surface area contributed by atoms with Crippen molar-refractivity contribution in [2.75, 3.05) is 5.32 Å². The zero-order valence-electron chi connectivity index (χ0n) is 18.0. The molecule has 3 aromatic heterocycles. The lowest BCUT2D eigenvalue weighted by Gasteiger charge is -2.13. The highest BCUT2D eigenvalue weighted by molar-refractivity contribution is 7.99. The number of hydrogen-bond acceptors (Lipinski definition) is 6. The number of halogens is 1. The number of aromatic amines is 1. The van der Waals surface area contributed by atoms with Crippen LogP contribution in [0.1, 0.15) is 28.9 Å². The van der Waals surface area contributed by atoms with Crippen molar-refractivity contribution in [2.24, 2.45) is 0 Å². The number of anilines is 1. The molecule has 0 aliphatic rings. The second-order valence-corrected chi connectivity index (χ2v) is 10.4. The van der Waals surface area contributed by atoms with Crippen molar-refractivity contribution in [2.45, 2.75) is 38.7 Å². The summed E-state index contributed by atoms with van der Waals surface area (Å²) in [4.78, 5) is 34.5. The second kappa shape index (κ2) is 9.09. The Kier molecular flexibility index (Phi) is 6.41. The van der Waals surface area contributed by atoms with E-state index in [4.69, 9.17) is 11.6 Å². The number of amides is 1. The van der Waals surface area contributed by atoms with Gasteiger partial charge >= 0.3 is 0 Å². The smallest absolute Gasteiger partial charge is 0.259 e. The largest absolute Gasteiger partial charge is 0.310 e. The van der Waals surface area contributed by atoms with E-state index in [1.807, 2.05) is 45.9 Å². The van der Waals surface area contributed by atoms with Gasteiger partial charge in [-0.15, -0.1) is 23.1 Å². The predicted molar refractivity (Wildman–Crippen MR) is 132 cm³/mol. The second-order valence-electron chi connectivity index (χ2n) is 7.48. The molecule has 1 atom stereocenters. The summed E-state index contributed by atoms with van der Waals surface area (Å²) in [6, 6.07) is 9.09. The zero-order valence-corrected chi connectivity index (χ0v) is 20.4. The molecule has 0 saturated heterocycles. The Balaban J connectivity index is 1.46. The van der Waals surface area contributed by atoms with Crippen LogP contribution in [0.3, 0.4) is 0 Å². The van der Waals surface area contributed by atoms with E-state index >= 15 is 0 Å². The van der Waals surface area contributed by atoms with Gasteiger partial charge in [-0.05, 0) is 51.5 Å². The van der Waals surface area contributed by atoms with Crippen LogP contribution in [0.25, 0.3) is 15.9 Å². The number of nitrogens with one attached hydrogen (secondary N) is 2. The number of aromatic nitrogens is 4. The minimum Gasteiger partial charge on any atom is -0.310 e. The third kappa shape index (κ3) is 4.60. The summed E-state index contributed by atoms with van der Waals surface area (Å²) in [5.41, 5.74) is 2.37. The molecule has 0 aliphatic carbocycles. The number of fused-ring (bicyclic) bond motifs is 1. The summed E-state index contributed by atoms with van der Waals surface area (Å²) in [7, 11) is 0. The standard InChI is InChI=1S/C22H22ClN5O2S2/c1-11-8-18(28(27-11)16-7-5-6-15(23)9-16)26-20(29)14(4)31-10-17-24-21(30)19-12(2)13(3)32-22(19)25-17/h5-9,14H,10H2,1-4H3,(H,26,29)(H,24,25,30). The van der Waals surface area contributed by atoms with Crippen LogP contribution in [0.15, 0.2) is 35.1 Å². The zero-order chi connectivity index (χ0) is 23.0. The summed E-state index contributed by atoms with van der Waals surface area (Å²) >= 11 is 9.02. The number of aryl methyl sites for hydroxylation is 3. The highest BCUT2D eigenvalue weighted by Crippen LogP contribution is 2.27. The minimum absolute atomic E-state index is 0.134. The fourth-order valence-corrected chi connectivity index (χ4v) is 5.26. The summed E-state index contributed by atoms with van der Waals surface area (Å²) in [6.45, 7) is 7.60. The number of nitrogens with zero attached hydrogens (tertiary/aromatic N) is 3. The van der Waals surface area contributed by atoms with E-state index in [0.717, 1.165) is 26.7 Å². The highest BCUT2D eigenvalue weighted by Gasteiger charge is 2.18. The molecule has 4 rings (SSSR count). The average molecular weight is 488 g/mol. The third-order valence-electron chi connectivity index (χ3n) is 5.06. The number of thioether (sulfide) groups is 1. The Hall–Kier alpha value is -2.62. The first-order valence-corrected chi connectivity index (χ1v) is 12.2. The maximum Gasteiger partial charge on any atom is 0.259 e. The van der Waals surface area contributed by atoms with E-state index in [2.05, 4.69) is 20.4 Å². The first-order chi connectivity index (χ1) is 15.2. The van der Waals surface area contributed by atoms with Gasteiger partial charge in [0.25, 0.3) is 5.56 Å². The molecule has 3 heterocycles. The fourth-order valence-electron chi connectivity index (χ4n) is 3.27. The van der Waals surface area contributed by atoms with Crippen LogP contribution in [-0.2, 0) is 10.5 Å². The van der Waals surface area contributed by atoms with Gasteiger partial charge in [-0.25, -0.2) is 9.67 Å². The van der Waals surface area contributed by atoms with Gasteiger partial charge < -0.3 is 10.3 Å². The van der Waals surface area contributed by atoms with Crippen molar-refractivity contribution in [3.63, 3.8) is 0 Å². The van der Waals surface area contributed by atoms with Crippen molar-refractivity contribution < 1.29 is 4.79 Å². The molecule has 1 aromatic carbocycles. The molecule has 32 heavy (non-hydrogen) atoms. The van der Waals surface area contributed by atoms with Crippen LogP contribution in [-0.4, -0.2) is 30.9 Å². The minimum atomic E-state index is -0.370. The Labute approximate surface area is 198 Å². The van der Waals surface area contributed by atoms with Crippen LogP contribution in [0.4, 0.5) is 5.82 Å². The molecule has 0 fully saturated rings. The summed E-state index contributed by atoms with van der Waals surface area (Å²) in [6.07, 6.45) is 0. The van der Waals surface area contributed by atoms with E-state index in [-0.39, 0.29) is 16.7 Å². The molecule has 1 unspecified atom stereocenters. The lowest BCUT2D eigenvalue weighted by atomic mass is 10.2. The Morgan fingerprint density at radius 1 is 1.31 bits per heavy atom. The molecule has 0 radical (unpaired) electrons. The number of carbonyl (C=O) groups is 1. The van der Waals surface area contributed by atoms with Crippen LogP contribution in [0.2, 0.25) is 5.02 Å². The monoisotopic (exact) mass is 487 g/mol. The number of carbonyl (C=O) groups excluding carboxylic acids is 1. The number of thiophene rings is 1. The lowest BCUT2D eigenvalue weighted by molar-refractivity contribution is -0.115. The maximum atomic E-state index is 12.8. The summed E-state index contributed by atoms with van der Waals surface area (Å²) in [5, 5.41) is 8.28. The van der Waals surface area contributed by atoms with Crippen molar-refractivity contribution >= 4 is 56.6 Å². The van der Waals surface area contributed by atoms with Gasteiger partial charge in [0, 0.05) is 16.0 Å². The van der Waals surface area contributed by atoms with E-state index in [9.17, 15) is 9.59 Å². The number of H-pyrrole nitrogens is 1. The van der Waals surface area contributed by atoms with Crippen molar-refractivity contribution in [1.29, 1.82) is 0 Å². The van der Waals surface area contributed by atoms with E-state index < -0.39 is 0 Å². The topological polar surface area (TPSA) is 92.7 Å². The van der Waals surface area contributed by atoms with Crippen LogP contribution in [0.5, 0.6) is 0 Å². The fraction of sp³-hybridized carbons (Fsp3) is 0.273. The molecule has 166 valence electrons. The summed E-state index contributed by atoms with van der Waals surface area (Å²) < 4.78 is 1.66. The molecule has 0 spiro atoms. The summed E-state index contributed by atoms with van der Waals surface area (Å²) in [5.74, 6) is 1.39. The van der Waals surface area contributed by atoms with Gasteiger partial charge in [0.15, 0.2) is 0 Å². The molecule has 10 heteroatoms. The van der Waals surface area contributed by atoms with Crippen molar-refractivity contribution in [3.8, 4) is 5.69 Å². The molecule has 1 amide bonds. The molecule has 0 bridgehead atoms. The van der Waals surface area contributed by atoms with E-state index in [0.29, 0.717) is 27.8 Å². The third-order valence-corrected chi connectivity index (χ3v) is 7.55. The van der Waals surface area contributed by atoms with Gasteiger partial charge in [-0.1, -0.05) is 17.7 Å². The molecular formula is C22H22ClN5O2S2. The quantitative estimate of drug-likeness (QED) is 0.399. The Morgan fingerprint density at radius 3 is 2.84 bits per heavy atom. The predicted octanol–water partition coefficient (Wildman–Crippen LogP) is 5.01. The van der Waals surface area contributed by atoms with E-state index in [1.54, 1.807) is 16.8 Å². The first-order valence-electron chi connectivity index (χ1n) is 9.97. The van der Waals surface area contributed by atoms with Crippen LogP contribution in [0, 0.1) is 20.8 Å². The van der Waals surface area contributed by atoms with Crippen LogP contribution >= 0.6 is 34.7 Å². The molecule has 4 aromatic rings. The maximum absolute atomic E-state index is 12.8. The Morgan fingerprint density at radius 2 is 2.09 bits per heavy atom. The number of benzene rings is 1. The van der Waals surface area contributed by atoms with E-state index in [1.165, 1.54) is 23.1 Å². The normalized spacial score (nSPS) is 12.3. The highest BCUT2D eigenvalue weighted by atomic mass is 35.5. The van der Waals surface area contributed by atoms with Crippen LogP contribution < -0.4 is 10.9 Å². The van der Waals surface area contributed by atoms with Gasteiger partial charge in [-0.3, -0.25) is 9.59 Å². The average Bonchev–Trinajstić information content (AvgIpc) is 3.25. The molecule has 2 N–H and O–H groups in total. The number of rotatable bonds is 6. The SMILES string of the molecule is Cc1cc(NC(=O)C(C)SCc2nc3sc(C)c(C)c3c(=O)[nH]2)n(-c2cccc(Cl)c2)n1. The molecule has 0 saturated carbocycles. The van der Waals surface area contributed by atoms with Crippen molar-refractivity contribution in [1.82, 2.24) is 19.7 Å². The Bertz CT molecular complexity index is 1370. The molecule has 7 nitrogen and oxygen atoms in total. The van der Waals surface area contributed by atoms with Gasteiger partial charge in [0.05, 0.1) is 27.8 Å². The molecular weight excluding hydrogens is 466 g/mol. The molecule has 0 aliphatic heterocycles. The van der Waals surface area contributed by atoms with Gasteiger partial charge in [0.1, 0.15) is 16.5 Å². The first kappa shape index (κ1) is 22.6. The van der Waals surface area contributed by atoms with Gasteiger partial charge in [0.2, 0.25) is 5.91 Å². The lowest BCUT2D eigenvalue weighted by Crippen LogP contribution is -2.24. The number of hydrogen-bond donors (Lipinski definition) is 2. The van der Waals surface area contributed by atoms with Crippen molar-refractivity contribution in [3.05, 3.63) is 67.7 Å². The van der Waals surface area contributed by atoms with Gasteiger partial charge in [-0.2, -0.15) is 5.10 Å².